The number of halogens is 2. The van der Waals surface area contributed by atoms with E-state index in [2.05, 4.69) is 26.1 Å². The topological polar surface area (TPSA) is 77.0 Å². The van der Waals surface area contributed by atoms with E-state index in [0.717, 1.165) is 0 Å². The summed E-state index contributed by atoms with van der Waals surface area (Å²) < 4.78 is 31.4. The van der Waals surface area contributed by atoms with E-state index in [9.17, 15) is 14.3 Å². The summed E-state index contributed by atoms with van der Waals surface area (Å²) >= 11 is 6.37. The molecule has 9 heteroatoms. The number of hydrogen-bond acceptors (Lipinski definition) is 5. The maximum Gasteiger partial charge on any atom is 0.331 e. The van der Waals surface area contributed by atoms with E-state index in [1.165, 1.54) is 12.1 Å². The molecule has 0 radical (unpaired) electrons. The smallest absolute Gasteiger partial charge is 0.331 e. The lowest BCUT2D eigenvalue weighted by Crippen LogP contribution is -2.46. The zero-order chi connectivity index (χ0) is 26.4. The van der Waals surface area contributed by atoms with E-state index in [0.29, 0.717) is 29.2 Å². The van der Waals surface area contributed by atoms with Gasteiger partial charge in [0.2, 0.25) is 0 Å². The number of carbonyl (C=O) groups is 1. The molecule has 194 valence electrons. The predicted molar refractivity (Wildman–Crippen MR) is 139 cm³/mol. The third-order valence-electron chi connectivity index (χ3n) is 6.48. The maximum absolute atomic E-state index is 14.2. The Morgan fingerprint density at radius 3 is 2.31 bits per heavy atom. The SMILES string of the molecule is COc1ccc(OCc2c(Cl)cc(F)cc2C(C)NCCC(O[Si](C)(C)C(C)(C)C)C(=O)O)cc1. The number of hydrogen-bond donors (Lipinski definition) is 2. The van der Waals surface area contributed by atoms with Gasteiger partial charge in [-0.25, -0.2) is 9.18 Å². The van der Waals surface area contributed by atoms with Crippen LogP contribution >= 0.6 is 11.6 Å². The van der Waals surface area contributed by atoms with Crippen LogP contribution in [0.25, 0.3) is 0 Å². The Hall–Kier alpha value is -2.13. The lowest BCUT2D eigenvalue weighted by molar-refractivity contribution is -0.145. The van der Waals surface area contributed by atoms with Crippen LogP contribution < -0.4 is 14.8 Å². The highest BCUT2D eigenvalue weighted by Crippen LogP contribution is 2.37. The molecule has 2 N–H and O–H groups in total. The van der Waals surface area contributed by atoms with Crippen molar-refractivity contribution in [2.24, 2.45) is 0 Å². The summed E-state index contributed by atoms with van der Waals surface area (Å²) in [6.07, 6.45) is -0.628. The van der Waals surface area contributed by atoms with Gasteiger partial charge in [-0.1, -0.05) is 32.4 Å². The first kappa shape index (κ1) is 29.1. The molecule has 2 rings (SSSR count). The molecule has 0 aliphatic heterocycles. The van der Waals surface area contributed by atoms with Crippen molar-refractivity contribution in [1.29, 1.82) is 0 Å². The van der Waals surface area contributed by atoms with E-state index < -0.39 is 26.2 Å². The first-order valence-electron chi connectivity index (χ1n) is 11.6. The van der Waals surface area contributed by atoms with Gasteiger partial charge in [0, 0.05) is 11.6 Å². The molecule has 6 nitrogen and oxygen atoms in total. The summed E-state index contributed by atoms with van der Waals surface area (Å²) in [4.78, 5) is 11.8. The van der Waals surface area contributed by atoms with Crippen LogP contribution in [0.15, 0.2) is 36.4 Å². The summed E-state index contributed by atoms with van der Waals surface area (Å²) in [5.74, 6) is -0.0825. The average Bonchev–Trinajstić information content (AvgIpc) is 2.76. The van der Waals surface area contributed by atoms with Gasteiger partial charge in [-0.15, -0.1) is 0 Å². The van der Waals surface area contributed by atoms with Crippen LogP contribution in [-0.4, -0.2) is 39.2 Å². The second-order valence-electron chi connectivity index (χ2n) is 10.1. The number of benzene rings is 2. The molecule has 2 aromatic carbocycles. The quantitative estimate of drug-likeness (QED) is 0.305. The zero-order valence-corrected chi connectivity index (χ0v) is 23.3. The van der Waals surface area contributed by atoms with Crippen molar-refractivity contribution in [3.05, 3.63) is 58.4 Å². The van der Waals surface area contributed by atoms with Crippen LogP contribution in [0.2, 0.25) is 23.2 Å². The summed E-state index contributed by atoms with van der Waals surface area (Å²) in [6, 6.07) is 9.54. The molecule has 0 aliphatic rings. The highest BCUT2D eigenvalue weighted by molar-refractivity contribution is 6.74. The average molecular weight is 526 g/mol. The second kappa shape index (κ2) is 12.2. The Morgan fingerprint density at radius 1 is 1.17 bits per heavy atom. The van der Waals surface area contributed by atoms with Crippen molar-refractivity contribution in [3.8, 4) is 11.5 Å². The minimum atomic E-state index is -2.24. The molecule has 2 aromatic rings. The molecule has 2 atom stereocenters. The number of aliphatic carboxylic acids is 1. The lowest BCUT2D eigenvalue weighted by Gasteiger charge is -2.38. The number of rotatable bonds is 12. The molecule has 0 heterocycles. The Morgan fingerprint density at radius 2 is 1.77 bits per heavy atom. The van der Waals surface area contributed by atoms with Crippen molar-refractivity contribution >= 4 is 25.9 Å². The molecular weight excluding hydrogens is 489 g/mol. The highest BCUT2D eigenvalue weighted by Gasteiger charge is 2.40. The van der Waals surface area contributed by atoms with Crippen molar-refractivity contribution in [2.75, 3.05) is 13.7 Å². The molecule has 0 amide bonds. The Balaban J connectivity index is 2.08. The van der Waals surface area contributed by atoms with Crippen LogP contribution in [0.3, 0.4) is 0 Å². The normalized spacial score (nSPS) is 13.9. The van der Waals surface area contributed by atoms with Gasteiger partial charge in [0.05, 0.1) is 12.1 Å². The van der Waals surface area contributed by atoms with Gasteiger partial charge in [-0.2, -0.15) is 0 Å². The van der Waals surface area contributed by atoms with Gasteiger partial charge in [0.1, 0.15) is 30.0 Å². The van der Waals surface area contributed by atoms with E-state index in [4.69, 9.17) is 25.5 Å². The van der Waals surface area contributed by atoms with Crippen LogP contribution in [0.4, 0.5) is 4.39 Å². The Bertz CT molecular complexity index is 994. The van der Waals surface area contributed by atoms with Crippen LogP contribution in [-0.2, 0) is 15.8 Å². The number of carboxylic acids is 1. The van der Waals surface area contributed by atoms with E-state index >= 15 is 0 Å². The molecule has 2 unspecified atom stereocenters. The first-order chi connectivity index (χ1) is 16.2. The highest BCUT2D eigenvalue weighted by atomic mass is 35.5. The Kier molecular flexibility index (Phi) is 10.2. The van der Waals surface area contributed by atoms with E-state index in [1.54, 1.807) is 31.4 Å². The fraction of sp³-hybridized carbons (Fsp3) is 0.500. The van der Waals surface area contributed by atoms with Gasteiger partial charge >= 0.3 is 5.97 Å². The molecule has 0 aromatic heterocycles. The largest absolute Gasteiger partial charge is 0.497 e. The fourth-order valence-electron chi connectivity index (χ4n) is 3.30. The van der Waals surface area contributed by atoms with Crippen LogP contribution in [0, 0.1) is 5.82 Å². The number of methoxy groups -OCH3 is 1. The molecule has 0 spiro atoms. The predicted octanol–water partition coefficient (Wildman–Crippen LogP) is 6.58. The molecule has 0 aliphatic carbocycles. The molecule has 35 heavy (non-hydrogen) atoms. The van der Waals surface area contributed by atoms with Gasteiger partial charge in [-0.05, 0) is 80.0 Å². The minimum Gasteiger partial charge on any atom is -0.497 e. The summed E-state index contributed by atoms with van der Waals surface area (Å²) in [7, 11) is -0.655. The van der Waals surface area contributed by atoms with E-state index in [-0.39, 0.29) is 29.1 Å². The number of nitrogens with one attached hydrogen (secondary N) is 1. The Labute approximate surface area is 213 Å². The molecule has 0 saturated heterocycles. The van der Waals surface area contributed by atoms with Crippen molar-refractivity contribution in [3.63, 3.8) is 0 Å². The minimum absolute atomic E-state index is 0.0987. The monoisotopic (exact) mass is 525 g/mol. The molecular formula is C26H37ClFNO5Si. The van der Waals surface area contributed by atoms with Gasteiger partial charge in [-0.3, -0.25) is 0 Å². The third kappa shape index (κ3) is 8.20. The van der Waals surface area contributed by atoms with Gasteiger partial charge in [0.25, 0.3) is 0 Å². The van der Waals surface area contributed by atoms with Crippen LogP contribution in [0.1, 0.15) is 51.3 Å². The standard InChI is InChI=1S/C26H37ClFNO5Si/c1-17(29-13-12-24(25(30)31)34-35(6,7)26(2,3)4)21-14-18(28)15-23(27)22(21)16-33-20-10-8-19(32-5)9-11-20/h8-11,14-15,17,24,29H,12-13,16H2,1-7H3,(H,30,31). The lowest BCUT2D eigenvalue weighted by atomic mass is 10.0. The summed E-state index contributed by atoms with van der Waals surface area (Å²) in [6.45, 7) is 12.7. The van der Waals surface area contributed by atoms with Crippen molar-refractivity contribution < 1.29 is 28.2 Å². The fourth-order valence-corrected chi connectivity index (χ4v) is 4.85. The molecule has 0 bridgehead atoms. The van der Waals surface area contributed by atoms with Crippen molar-refractivity contribution in [1.82, 2.24) is 5.32 Å². The van der Waals surface area contributed by atoms with Gasteiger partial charge < -0.3 is 24.3 Å². The zero-order valence-electron chi connectivity index (χ0n) is 21.6. The molecule has 0 saturated carbocycles. The number of ether oxygens (including phenoxy) is 2. The van der Waals surface area contributed by atoms with Crippen molar-refractivity contribution in [2.45, 2.75) is 71.0 Å². The first-order valence-corrected chi connectivity index (χ1v) is 14.9. The maximum atomic E-state index is 14.2. The summed E-state index contributed by atoms with van der Waals surface area (Å²) in [5.41, 5.74) is 1.32. The third-order valence-corrected chi connectivity index (χ3v) is 11.3. The summed E-state index contributed by atoms with van der Waals surface area (Å²) in [5, 5.41) is 13.2. The molecule has 0 fully saturated rings. The van der Waals surface area contributed by atoms with E-state index in [1.807, 2.05) is 20.0 Å². The van der Waals surface area contributed by atoms with Crippen LogP contribution in [0.5, 0.6) is 11.5 Å². The van der Waals surface area contributed by atoms with Gasteiger partial charge in [0.15, 0.2) is 8.32 Å². The number of carboxylic acid groups (broad SMARTS) is 1. The second-order valence-corrected chi connectivity index (χ2v) is 15.3.